The van der Waals surface area contributed by atoms with Crippen LogP contribution in [-0.2, 0) is 10.0 Å². The molecule has 0 saturated carbocycles. The van der Waals surface area contributed by atoms with Crippen molar-refractivity contribution in [1.29, 1.82) is 0 Å². The van der Waals surface area contributed by atoms with E-state index in [1.807, 2.05) is 26.8 Å². The second-order valence-corrected chi connectivity index (χ2v) is 6.78. The topological polar surface area (TPSA) is 81.4 Å². The molecule has 0 heterocycles. The number of sulfonamides is 1. The van der Waals surface area contributed by atoms with E-state index in [1.165, 1.54) is 7.11 Å². The summed E-state index contributed by atoms with van der Waals surface area (Å²) in [5.74, 6) is 0.332. The molecule has 0 atom stereocenters. The highest BCUT2D eigenvalue weighted by Crippen LogP contribution is 2.24. The summed E-state index contributed by atoms with van der Waals surface area (Å²) in [6, 6.07) is 5.06. The van der Waals surface area contributed by atoms with Crippen LogP contribution in [0, 0.1) is 6.92 Å². The Kier molecular flexibility index (Phi) is 7.67. The number of hydrogen-bond acceptors (Lipinski definition) is 4. The van der Waals surface area contributed by atoms with Crippen molar-refractivity contribution < 1.29 is 13.2 Å². The largest absolute Gasteiger partial charge is 0.495 e. The normalized spacial score (nSPS) is 11.9. The number of rotatable bonds is 7. The molecule has 7 heteroatoms. The molecule has 21 heavy (non-hydrogen) atoms. The maximum absolute atomic E-state index is 12.4. The van der Waals surface area contributed by atoms with Crippen LogP contribution in [0.15, 0.2) is 23.1 Å². The van der Waals surface area contributed by atoms with Crippen LogP contribution in [0.4, 0.5) is 0 Å². The van der Waals surface area contributed by atoms with Crippen LogP contribution in [0.5, 0.6) is 5.75 Å². The van der Waals surface area contributed by atoms with Crippen molar-refractivity contribution in [3.63, 3.8) is 0 Å². The van der Waals surface area contributed by atoms with Crippen molar-refractivity contribution in [2.75, 3.05) is 13.7 Å². The number of nitrogens with one attached hydrogen (secondary N) is 1. The minimum Gasteiger partial charge on any atom is -0.495 e. The van der Waals surface area contributed by atoms with E-state index in [0.29, 0.717) is 18.6 Å². The fraction of sp³-hybridized carbons (Fsp3) is 0.571. The number of benzene rings is 1. The number of nitrogens with two attached hydrogens (primary N) is 1. The van der Waals surface area contributed by atoms with Crippen molar-refractivity contribution >= 4 is 22.4 Å². The maximum atomic E-state index is 12.4. The molecule has 1 aromatic carbocycles. The number of aryl methyl sites for hydroxylation is 1. The molecule has 0 aliphatic carbocycles. The van der Waals surface area contributed by atoms with Gasteiger partial charge in [-0.3, -0.25) is 0 Å². The lowest BCUT2D eigenvalue weighted by molar-refractivity contribution is 0.388. The van der Waals surface area contributed by atoms with Crippen molar-refractivity contribution in [2.24, 2.45) is 5.73 Å². The molecule has 0 bridgehead atoms. The number of ether oxygens (including phenoxy) is 1. The zero-order valence-electron chi connectivity index (χ0n) is 13.0. The highest BCUT2D eigenvalue weighted by molar-refractivity contribution is 7.89. The Morgan fingerprint density at radius 3 is 2.33 bits per heavy atom. The van der Waals surface area contributed by atoms with Crippen LogP contribution < -0.4 is 15.2 Å². The number of hydrogen-bond donors (Lipinski definition) is 2. The first-order chi connectivity index (χ1) is 9.28. The fourth-order valence-electron chi connectivity index (χ4n) is 1.81. The smallest absolute Gasteiger partial charge is 0.244 e. The zero-order chi connectivity index (χ0) is 15.4. The van der Waals surface area contributed by atoms with Gasteiger partial charge in [0.25, 0.3) is 0 Å². The molecule has 0 unspecified atom stereocenters. The quantitative estimate of drug-likeness (QED) is 0.800. The maximum Gasteiger partial charge on any atom is 0.244 e. The Balaban J connectivity index is 0.00000400. The first-order valence-electron chi connectivity index (χ1n) is 6.71. The summed E-state index contributed by atoms with van der Waals surface area (Å²) >= 11 is 0. The van der Waals surface area contributed by atoms with E-state index in [-0.39, 0.29) is 23.8 Å². The predicted octanol–water partition coefficient (Wildman–Crippen LogP) is 2.22. The van der Waals surface area contributed by atoms with Gasteiger partial charge in [0, 0.05) is 12.1 Å². The first-order valence-corrected chi connectivity index (χ1v) is 8.19. The molecule has 0 aliphatic heterocycles. The van der Waals surface area contributed by atoms with E-state index < -0.39 is 15.6 Å². The lowest BCUT2D eigenvalue weighted by Crippen LogP contribution is -2.49. The highest BCUT2D eigenvalue weighted by atomic mass is 35.5. The lowest BCUT2D eigenvalue weighted by Gasteiger charge is -2.26. The summed E-state index contributed by atoms with van der Waals surface area (Å²) < 4.78 is 32.5. The molecular formula is C14H25ClN2O3S. The van der Waals surface area contributed by atoms with Crippen LogP contribution in [0.3, 0.4) is 0 Å². The second kappa shape index (κ2) is 7.98. The first kappa shape index (κ1) is 20.2. The minimum absolute atomic E-state index is 0. The third kappa shape index (κ3) is 5.14. The van der Waals surface area contributed by atoms with E-state index in [9.17, 15) is 8.42 Å². The molecule has 1 aromatic rings. The third-order valence-corrected chi connectivity index (χ3v) is 5.05. The van der Waals surface area contributed by atoms with Crippen LogP contribution in [0.25, 0.3) is 0 Å². The van der Waals surface area contributed by atoms with Gasteiger partial charge in [0.2, 0.25) is 10.0 Å². The summed E-state index contributed by atoms with van der Waals surface area (Å²) in [7, 11) is -2.18. The highest BCUT2D eigenvalue weighted by Gasteiger charge is 2.25. The van der Waals surface area contributed by atoms with Crippen LogP contribution in [-0.4, -0.2) is 27.6 Å². The molecule has 0 radical (unpaired) electrons. The minimum atomic E-state index is -3.63. The van der Waals surface area contributed by atoms with E-state index in [1.54, 1.807) is 12.1 Å². The van der Waals surface area contributed by atoms with Gasteiger partial charge in [-0.1, -0.05) is 19.9 Å². The summed E-state index contributed by atoms with van der Waals surface area (Å²) in [6.07, 6.45) is 1.41. The molecule has 0 fully saturated rings. The molecule has 1 rings (SSSR count). The summed E-state index contributed by atoms with van der Waals surface area (Å²) in [6.45, 7) is 5.94. The number of methoxy groups -OCH3 is 1. The molecule has 0 aromatic heterocycles. The van der Waals surface area contributed by atoms with Gasteiger partial charge in [-0.25, -0.2) is 13.1 Å². The lowest BCUT2D eigenvalue weighted by atomic mass is 9.95. The van der Waals surface area contributed by atoms with Gasteiger partial charge < -0.3 is 10.5 Å². The Hall–Kier alpha value is -0.820. The van der Waals surface area contributed by atoms with Crippen LogP contribution in [0.2, 0.25) is 0 Å². The average molecular weight is 337 g/mol. The van der Waals surface area contributed by atoms with E-state index in [4.69, 9.17) is 10.5 Å². The van der Waals surface area contributed by atoms with Gasteiger partial charge in [0.05, 0.1) is 7.11 Å². The molecule has 122 valence electrons. The van der Waals surface area contributed by atoms with E-state index in [0.717, 1.165) is 5.56 Å². The SMILES string of the molecule is CCC(N)(CC)CNS(=O)(=O)c1cc(C)ccc1OC.Cl. The van der Waals surface area contributed by atoms with Gasteiger partial charge in [-0.2, -0.15) is 0 Å². The molecular weight excluding hydrogens is 312 g/mol. The molecule has 5 nitrogen and oxygen atoms in total. The molecule has 0 amide bonds. The average Bonchev–Trinajstić information content (AvgIpc) is 2.45. The summed E-state index contributed by atoms with van der Waals surface area (Å²) in [4.78, 5) is 0.148. The van der Waals surface area contributed by atoms with Gasteiger partial charge in [-0.15, -0.1) is 12.4 Å². The monoisotopic (exact) mass is 336 g/mol. The van der Waals surface area contributed by atoms with Crippen LogP contribution >= 0.6 is 12.4 Å². The van der Waals surface area contributed by atoms with Crippen molar-refractivity contribution in [1.82, 2.24) is 4.72 Å². The summed E-state index contributed by atoms with van der Waals surface area (Å²) in [5.41, 5.74) is 6.46. The van der Waals surface area contributed by atoms with E-state index >= 15 is 0 Å². The fourth-order valence-corrected chi connectivity index (χ4v) is 3.20. The van der Waals surface area contributed by atoms with Crippen molar-refractivity contribution in [3.8, 4) is 5.75 Å². The second-order valence-electron chi connectivity index (χ2n) is 5.05. The predicted molar refractivity (Wildman–Crippen MR) is 87.7 cm³/mol. The van der Waals surface area contributed by atoms with Gasteiger partial charge in [0.1, 0.15) is 10.6 Å². The van der Waals surface area contributed by atoms with Gasteiger partial charge >= 0.3 is 0 Å². The van der Waals surface area contributed by atoms with Crippen LogP contribution in [0.1, 0.15) is 32.3 Å². The molecule has 0 saturated heterocycles. The zero-order valence-corrected chi connectivity index (χ0v) is 14.6. The van der Waals surface area contributed by atoms with Crippen molar-refractivity contribution in [2.45, 2.75) is 44.0 Å². The Morgan fingerprint density at radius 2 is 1.86 bits per heavy atom. The summed E-state index contributed by atoms with van der Waals surface area (Å²) in [5, 5.41) is 0. The third-order valence-electron chi connectivity index (χ3n) is 3.63. The van der Waals surface area contributed by atoms with E-state index in [2.05, 4.69) is 4.72 Å². The molecule has 0 spiro atoms. The van der Waals surface area contributed by atoms with Gasteiger partial charge in [-0.05, 0) is 37.5 Å². The standard InChI is InChI=1S/C14H24N2O3S.ClH/c1-5-14(15,6-2)10-16-20(17,18)13-9-11(3)7-8-12(13)19-4;/h7-9,16H,5-6,10,15H2,1-4H3;1H. The molecule has 0 aliphatic rings. The van der Waals surface area contributed by atoms with Gasteiger partial charge in [0.15, 0.2) is 0 Å². The Bertz CT molecular complexity index is 557. The molecule has 3 N–H and O–H groups in total. The Labute approximate surface area is 133 Å². The van der Waals surface area contributed by atoms with Crippen molar-refractivity contribution in [3.05, 3.63) is 23.8 Å². The Morgan fingerprint density at radius 1 is 1.29 bits per heavy atom. The number of halogens is 1.